The Hall–Kier alpha value is -2.97. The molecule has 6 nitrogen and oxygen atoms in total. The number of hydrogen-bond donors (Lipinski definition) is 1. The molecule has 1 aromatic carbocycles. The zero-order valence-corrected chi connectivity index (χ0v) is 15.4. The predicted octanol–water partition coefficient (Wildman–Crippen LogP) is 3.27. The Labute approximate surface area is 160 Å². The van der Waals surface area contributed by atoms with E-state index in [1.165, 1.54) is 12.3 Å². The summed E-state index contributed by atoms with van der Waals surface area (Å²) in [6, 6.07) is 9.18. The Morgan fingerprint density at radius 3 is 2.54 bits per heavy atom. The van der Waals surface area contributed by atoms with E-state index in [0.29, 0.717) is 44.2 Å². The number of alkyl halides is 3. The maximum Gasteiger partial charge on any atom is 0.424 e. The molecule has 0 bridgehead atoms. The molecule has 1 aromatic heterocycles. The van der Waals surface area contributed by atoms with Gasteiger partial charge in [0.2, 0.25) is 0 Å². The molecular formula is C19H22F3N4O2+. The van der Waals surface area contributed by atoms with Crippen molar-refractivity contribution in [2.75, 3.05) is 43.0 Å². The van der Waals surface area contributed by atoms with Gasteiger partial charge in [-0.1, -0.05) is 12.1 Å². The lowest BCUT2D eigenvalue weighted by atomic mass is 10.2. The highest BCUT2D eigenvalue weighted by molar-refractivity contribution is 5.91. The van der Waals surface area contributed by atoms with Crippen LogP contribution in [0, 0.1) is 0 Å². The van der Waals surface area contributed by atoms with E-state index in [1.807, 2.05) is 13.0 Å². The molecule has 0 spiro atoms. The monoisotopic (exact) mass is 395 g/mol. The zero-order chi connectivity index (χ0) is 20.1. The second kappa shape index (κ2) is 8.37. The number of para-hydroxylation sites is 2. The zero-order valence-electron chi connectivity index (χ0n) is 15.4. The summed E-state index contributed by atoms with van der Waals surface area (Å²) in [5, 5.41) is 2.81. The van der Waals surface area contributed by atoms with Gasteiger partial charge in [-0.3, -0.25) is 4.90 Å². The average molecular weight is 395 g/mol. The molecular weight excluding hydrogens is 373 g/mol. The first kappa shape index (κ1) is 19.8. The van der Waals surface area contributed by atoms with Gasteiger partial charge in [0.15, 0.2) is 0 Å². The predicted molar refractivity (Wildman–Crippen MR) is 98.4 cm³/mol. The molecule has 0 unspecified atom stereocenters. The summed E-state index contributed by atoms with van der Waals surface area (Å²) in [6.07, 6.45) is -2.97. The van der Waals surface area contributed by atoms with Gasteiger partial charge in [-0.25, -0.2) is 9.78 Å². The molecule has 1 fully saturated rings. The molecule has 2 heterocycles. The molecule has 0 saturated carbocycles. The molecule has 150 valence electrons. The molecule has 0 atom stereocenters. The van der Waals surface area contributed by atoms with E-state index < -0.39 is 11.7 Å². The van der Waals surface area contributed by atoms with Gasteiger partial charge in [-0.15, -0.1) is 0 Å². The fraction of sp³-hybridized carbons (Fsp3) is 0.368. The van der Waals surface area contributed by atoms with E-state index in [1.54, 1.807) is 28.0 Å². The van der Waals surface area contributed by atoms with Gasteiger partial charge in [0.25, 0.3) is 5.82 Å². The Morgan fingerprint density at radius 2 is 1.86 bits per heavy atom. The minimum atomic E-state index is -4.44. The largest absolute Gasteiger partial charge is 0.492 e. The van der Waals surface area contributed by atoms with E-state index in [-0.39, 0.29) is 11.8 Å². The third kappa shape index (κ3) is 4.47. The number of hydrogen-bond acceptors (Lipinski definition) is 3. The quantitative estimate of drug-likeness (QED) is 0.865. The van der Waals surface area contributed by atoms with Crippen LogP contribution in [0.25, 0.3) is 0 Å². The summed E-state index contributed by atoms with van der Waals surface area (Å²) in [6.45, 7) is 3.54. The molecule has 9 heteroatoms. The van der Waals surface area contributed by atoms with Crippen molar-refractivity contribution in [3.8, 4) is 5.75 Å². The van der Waals surface area contributed by atoms with Crippen LogP contribution in [0.5, 0.6) is 5.75 Å². The smallest absolute Gasteiger partial charge is 0.424 e. The summed E-state index contributed by atoms with van der Waals surface area (Å²) in [5.41, 5.74) is -0.147. The van der Waals surface area contributed by atoms with Crippen molar-refractivity contribution < 1.29 is 27.7 Å². The van der Waals surface area contributed by atoms with Gasteiger partial charge in [0.1, 0.15) is 24.4 Å². The lowest BCUT2D eigenvalue weighted by Crippen LogP contribution is -2.51. The number of aromatic amines is 1. The molecule has 3 rings (SSSR count). The minimum absolute atomic E-state index is 0.0248. The normalized spacial score (nSPS) is 14.7. The molecule has 1 saturated heterocycles. The SMILES string of the molecule is CCOc1ccccc1NC(=O)N1CCN(c2[nH+]cccc2C(F)(F)F)CC1. The molecule has 0 radical (unpaired) electrons. The summed E-state index contributed by atoms with van der Waals surface area (Å²) in [5.74, 6) is 0.599. The summed E-state index contributed by atoms with van der Waals surface area (Å²) >= 11 is 0. The molecule has 2 amide bonds. The van der Waals surface area contributed by atoms with E-state index in [0.717, 1.165) is 6.07 Å². The first-order valence-electron chi connectivity index (χ1n) is 9.00. The highest BCUT2D eigenvalue weighted by atomic mass is 19.4. The van der Waals surface area contributed by atoms with Gasteiger partial charge in [-0.2, -0.15) is 13.2 Å². The lowest BCUT2D eigenvalue weighted by Gasteiger charge is -2.31. The van der Waals surface area contributed by atoms with Crippen LogP contribution < -0.4 is 19.9 Å². The number of carbonyl (C=O) groups excluding carboxylic acids is 1. The number of ether oxygens (including phenoxy) is 1. The number of nitrogens with one attached hydrogen (secondary N) is 2. The van der Waals surface area contributed by atoms with E-state index in [2.05, 4.69) is 10.3 Å². The number of halogens is 3. The van der Waals surface area contributed by atoms with Crippen LogP contribution in [0.2, 0.25) is 0 Å². The molecule has 2 aromatic rings. The number of benzene rings is 1. The van der Waals surface area contributed by atoms with Crippen molar-refractivity contribution in [3.63, 3.8) is 0 Å². The number of aromatic nitrogens is 1. The number of H-pyrrole nitrogens is 1. The number of nitrogens with zero attached hydrogens (tertiary/aromatic N) is 2. The number of amides is 2. The van der Waals surface area contributed by atoms with Crippen molar-refractivity contribution in [2.45, 2.75) is 13.1 Å². The summed E-state index contributed by atoms with van der Waals surface area (Å²) in [7, 11) is 0. The maximum atomic E-state index is 13.2. The fourth-order valence-corrected chi connectivity index (χ4v) is 3.10. The van der Waals surface area contributed by atoms with Crippen LogP contribution in [-0.4, -0.2) is 43.7 Å². The van der Waals surface area contributed by atoms with Crippen molar-refractivity contribution >= 4 is 17.5 Å². The number of piperazine rings is 1. The lowest BCUT2D eigenvalue weighted by molar-refractivity contribution is -0.367. The summed E-state index contributed by atoms with van der Waals surface area (Å²) in [4.78, 5) is 18.4. The fourth-order valence-electron chi connectivity index (χ4n) is 3.10. The summed E-state index contributed by atoms with van der Waals surface area (Å²) < 4.78 is 45.1. The van der Waals surface area contributed by atoms with E-state index in [9.17, 15) is 18.0 Å². The molecule has 1 aliphatic heterocycles. The first-order chi connectivity index (χ1) is 13.4. The van der Waals surface area contributed by atoms with Crippen molar-refractivity contribution in [1.29, 1.82) is 0 Å². The number of rotatable bonds is 4. The third-order valence-electron chi connectivity index (χ3n) is 4.45. The Bertz CT molecular complexity index is 821. The maximum absolute atomic E-state index is 13.2. The molecule has 1 aliphatic rings. The first-order valence-corrected chi connectivity index (χ1v) is 9.00. The van der Waals surface area contributed by atoms with Gasteiger partial charge in [0.05, 0.1) is 31.6 Å². The minimum Gasteiger partial charge on any atom is -0.492 e. The standard InChI is InChI=1S/C19H21F3N4O2/c1-2-28-16-8-4-3-7-15(16)24-18(27)26-12-10-25(11-13-26)17-14(19(20,21)22)6-5-9-23-17/h3-9H,2,10-13H2,1H3,(H,24,27)/p+1. The van der Waals surface area contributed by atoms with E-state index >= 15 is 0 Å². The topological polar surface area (TPSA) is 59.0 Å². The Kier molecular flexibility index (Phi) is 5.91. The molecule has 2 N–H and O–H groups in total. The van der Waals surface area contributed by atoms with Crippen molar-refractivity contribution in [1.82, 2.24) is 4.90 Å². The van der Waals surface area contributed by atoms with Crippen LogP contribution in [0.4, 0.5) is 29.5 Å². The van der Waals surface area contributed by atoms with Gasteiger partial charge >= 0.3 is 12.2 Å². The second-order valence-electron chi connectivity index (χ2n) is 6.26. The number of carbonyl (C=O) groups is 1. The number of pyridine rings is 1. The second-order valence-corrected chi connectivity index (χ2v) is 6.26. The van der Waals surface area contributed by atoms with Crippen molar-refractivity contribution in [3.05, 3.63) is 48.2 Å². The van der Waals surface area contributed by atoms with Crippen LogP contribution in [0.1, 0.15) is 12.5 Å². The Balaban J connectivity index is 1.64. The van der Waals surface area contributed by atoms with Crippen LogP contribution >= 0.6 is 0 Å². The number of anilines is 2. The average Bonchev–Trinajstić information content (AvgIpc) is 2.69. The van der Waals surface area contributed by atoms with Gasteiger partial charge in [-0.05, 0) is 31.2 Å². The highest BCUT2D eigenvalue weighted by Gasteiger charge is 2.40. The Morgan fingerprint density at radius 1 is 1.14 bits per heavy atom. The van der Waals surface area contributed by atoms with Gasteiger partial charge < -0.3 is 15.0 Å². The number of urea groups is 1. The van der Waals surface area contributed by atoms with Crippen LogP contribution in [0.3, 0.4) is 0 Å². The highest BCUT2D eigenvalue weighted by Crippen LogP contribution is 2.34. The van der Waals surface area contributed by atoms with Crippen molar-refractivity contribution in [2.24, 2.45) is 0 Å². The van der Waals surface area contributed by atoms with Gasteiger partial charge in [0, 0.05) is 0 Å². The third-order valence-corrected chi connectivity index (χ3v) is 4.45. The molecule has 0 aliphatic carbocycles. The van der Waals surface area contributed by atoms with E-state index in [4.69, 9.17) is 4.74 Å². The van der Waals surface area contributed by atoms with Crippen LogP contribution in [-0.2, 0) is 6.18 Å². The molecule has 28 heavy (non-hydrogen) atoms. The van der Waals surface area contributed by atoms with Crippen LogP contribution in [0.15, 0.2) is 42.6 Å².